The Morgan fingerprint density at radius 1 is 1.22 bits per heavy atom. The van der Waals surface area contributed by atoms with Gasteiger partial charge >= 0.3 is 37.8 Å². The van der Waals surface area contributed by atoms with E-state index in [2.05, 4.69) is 0 Å². The fourth-order valence-corrected chi connectivity index (χ4v) is 0. The maximum atomic E-state index is 8.74. The summed E-state index contributed by atoms with van der Waals surface area (Å²) in [5.41, 5.74) is 0. The van der Waals surface area contributed by atoms with E-state index in [0.717, 1.165) is 0 Å². The van der Waals surface area contributed by atoms with Crippen molar-refractivity contribution in [1.29, 1.82) is 0 Å². The Hall–Kier alpha value is 1.22. The molecule has 0 amide bonds. The second kappa shape index (κ2) is 12.0. The molecular formula is H6NaO6PS. The molecule has 9 heavy (non-hydrogen) atoms. The molecule has 0 rings (SSSR count). The van der Waals surface area contributed by atoms with Crippen molar-refractivity contribution < 1.29 is 27.7 Å². The molecule has 0 unspecified atom stereocenters. The van der Waals surface area contributed by atoms with E-state index >= 15 is 0 Å². The average molecular weight is 188 g/mol. The Bertz CT molecular complexity index is 71.1. The van der Waals surface area contributed by atoms with Crippen molar-refractivity contribution in [2.75, 3.05) is 0 Å². The molecule has 0 atom stereocenters. The first-order valence-electron chi connectivity index (χ1n) is 1.18. The van der Waals surface area contributed by atoms with E-state index in [1.807, 2.05) is 0 Å². The van der Waals surface area contributed by atoms with Crippen LogP contribution < -0.4 is 0 Å². The second-order valence-corrected chi connectivity index (χ2v) is 1.54. The van der Waals surface area contributed by atoms with E-state index in [-0.39, 0.29) is 29.6 Å². The molecule has 0 aromatic rings. The van der Waals surface area contributed by atoms with Crippen LogP contribution in [0.3, 0.4) is 0 Å². The quantitative estimate of drug-likeness (QED) is 0.206. The second-order valence-electron chi connectivity index (χ2n) is 0.513. The van der Waals surface area contributed by atoms with Crippen LogP contribution in [0.2, 0.25) is 0 Å². The summed E-state index contributed by atoms with van der Waals surface area (Å²) in [6.07, 6.45) is 0. The molecule has 0 aliphatic carbocycles. The third-order valence-corrected chi connectivity index (χ3v) is 0. The molecule has 9 heteroatoms. The summed E-state index contributed by atoms with van der Waals surface area (Å²) in [6.45, 7) is 0. The molecule has 54 valence electrons. The first kappa shape index (κ1) is 16.7. The van der Waals surface area contributed by atoms with Gasteiger partial charge in [0.05, 0.1) is 0 Å². The molecule has 0 aromatic carbocycles. The van der Waals surface area contributed by atoms with Crippen molar-refractivity contribution in [1.82, 2.24) is 0 Å². The van der Waals surface area contributed by atoms with Crippen molar-refractivity contribution in [3.05, 3.63) is 0 Å². The van der Waals surface area contributed by atoms with Crippen LogP contribution in [0.4, 0.5) is 0 Å². The van der Waals surface area contributed by atoms with Gasteiger partial charge in [-0.2, -0.15) is 4.21 Å². The van der Waals surface area contributed by atoms with Crippen LogP contribution in [0.1, 0.15) is 0 Å². The SMILES string of the molecule is O=S(O)O.O=[PH](O)O.[NaH]. The zero-order chi connectivity index (χ0) is 7.15. The Morgan fingerprint density at radius 3 is 1.22 bits per heavy atom. The van der Waals surface area contributed by atoms with Gasteiger partial charge in [0, 0.05) is 0 Å². The summed E-state index contributed by atoms with van der Waals surface area (Å²) in [6, 6.07) is 0. The standard InChI is InChI=1S/Na.H3O3P.H2O3S.H/c;2*1-4(2)3;/h;4H,(H2,1,2,3);(H2,1,2,3);. The van der Waals surface area contributed by atoms with Gasteiger partial charge in [-0.1, -0.05) is 0 Å². The topological polar surface area (TPSA) is 115 Å². The molecule has 0 aliphatic rings. The van der Waals surface area contributed by atoms with Gasteiger partial charge < -0.3 is 9.79 Å². The molecule has 0 aromatic heterocycles. The third kappa shape index (κ3) is 323. The summed E-state index contributed by atoms with van der Waals surface area (Å²) in [4.78, 5) is 14.3. The zero-order valence-corrected chi connectivity index (χ0v) is 5.33. The summed E-state index contributed by atoms with van der Waals surface area (Å²) >= 11 is -2.61. The predicted molar refractivity (Wildman–Crippen MR) is 34.0 cm³/mol. The van der Waals surface area contributed by atoms with Gasteiger partial charge in [0.25, 0.3) is 11.4 Å². The van der Waals surface area contributed by atoms with Crippen LogP contribution in [0.15, 0.2) is 0 Å². The molecule has 0 bridgehead atoms. The Morgan fingerprint density at radius 2 is 1.22 bits per heavy atom. The molecule has 0 heterocycles. The molecule has 0 aliphatic heterocycles. The van der Waals surface area contributed by atoms with Crippen molar-refractivity contribution >= 4 is 49.2 Å². The monoisotopic (exact) mass is 188 g/mol. The van der Waals surface area contributed by atoms with Crippen molar-refractivity contribution in [3.8, 4) is 0 Å². The summed E-state index contributed by atoms with van der Waals surface area (Å²) < 4.78 is 31.6. The van der Waals surface area contributed by atoms with Crippen molar-refractivity contribution in [3.63, 3.8) is 0 Å². The fraction of sp³-hybridized carbons (Fsp3) is 0. The van der Waals surface area contributed by atoms with Gasteiger partial charge in [0.1, 0.15) is 0 Å². The Labute approximate surface area is 76.6 Å². The zero-order valence-electron chi connectivity index (χ0n) is 3.51. The minimum absolute atomic E-state index is 0. The van der Waals surface area contributed by atoms with E-state index in [1.54, 1.807) is 0 Å². The van der Waals surface area contributed by atoms with E-state index in [4.69, 9.17) is 27.7 Å². The molecule has 0 saturated heterocycles. The van der Waals surface area contributed by atoms with Crippen LogP contribution in [0.25, 0.3) is 0 Å². The van der Waals surface area contributed by atoms with Crippen LogP contribution in [0.5, 0.6) is 0 Å². The molecule has 0 radical (unpaired) electrons. The van der Waals surface area contributed by atoms with Gasteiger partial charge in [-0.15, -0.1) is 0 Å². The summed E-state index contributed by atoms with van der Waals surface area (Å²) in [5, 5.41) is 0. The van der Waals surface area contributed by atoms with Gasteiger partial charge in [0.15, 0.2) is 0 Å². The van der Waals surface area contributed by atoms with Crippen LogP contribution in [-0.2, 0) is 15.9 Å². The first-order valence-corrected chi connectivity index (χ1v) is 3.55. The molecule has 4 N–H and O–H groups in total. The van der Waals surface area contributed by atoms with Crippen LogP contribution in [0, 0.1) is 0 Å². The molecule has 0 fully saturated rings. The van der Waals surface area contributed by atoms with Gasteiger partial charge in [-0.3, -0.25) is 13.7 Å². The minimum atomic E-state index is -3.13. The normalized spacial score (nSPS) is 7.78. The van der Waals surface area contributed by atoms with E-state index in [9.17, 15) is 0 Å². The summed E-state index contributed by atoms with van der Waals surface area (Å²) in [5.74, 6) is 0. The third-order valence-electron chi connectivity index (χ3n) is 0. The number of hydrogen-bond donors (Lipinski definition) is 4. The van der Waals surface area contributed by atoms with Crippen LogP contribution in [-0.4, -0.2) is 52.7 Å². The number of rotatable bonds is 0. The molecular weight excluding hydrogens is 182 g/mol. The maximum absolute atomic E-state index is 8.74. The molecule has 0 spiro atoms. The summed E-state index contributed by atoms with van der Waals surface area (Å²) in [7, 11) is -3.13. The van der Waals surface area contributed by atoms with E-state index < -0.39 is 19.6 Å². The fourth-order valence-electron chi connectivity index (χ4n) is 0. The predicted octanol–water partition coefficient (Wildman–Crippen LogP) is -1.61. The Balaban J connectivity index is -0.0000000720. The average Bonchev–Trinajstić information content (AvgIpc) is 1.25. The number of hydrogen-bond acceptors (Lipinski definition) is 2. The van der Waals surface area contributed by atoms with Gasteiger partial charge in [-0.25, -0.2) is 0 Å². The van der Waals surface area contributed by atoms with Gasteiger partial charge in [0.2, 0.25) is 0 Å². The van der Waals surface area contributed by atoms with E-state index in [1.165, 1.54) is 0 Å². The molecule has 0 saturated carbocycles. The Kier molecular flexibility index (Phi) is 22.1. The van der Waals surface area contributed by atoms with Gasteiger partial charge in [-0.05, 0) is 0 Å². The van der Waals surface area contributed by atoms with Crippen molar-refractivity contribution in [2.24, 2.45) is 0 Å². The first-order chi connectivity index (χ1) is 3.46. The van der Waals surface area contributed by atoms with Crippen LogP contribution >= 0.6 is 8.25 Å². The molecule has 6 nitrogen and oxygen atoms in total. The van der Waals surface area contributed by atoms with E-state index in [0.29, 0.717) is 0 Å². The van der Waals surface area contributed by atoms with Crippen molar-refractivity contribution in [2.45, 2.75) is 0 Å².